The van der Waals surface area contributed by atoms with Crippen LogP contribution in [0.25, 0.3) is 0 Å². The van der Waals surface area contributed by atoms with Gasteiger partial charge in [0.2, 0.25) is 0 Å². The molecule has 0 amide bonds. The van der Waals surface area contributed by atoms with Gasteiger partial charge in [0.15, 0.2) is 5.96 Å². The fraction of sp³-hybridized carbons (Fsp3) is 0.696. The van der Waals surface area contributed by atoms with Crippen molar-refractivity contribution < 1.29 is 4.74 Å². The van der Waals surface area contributed by atoms with Gasteiger partial charge in [-0.15, -0.1) is 0 Å². The normalized spacial score (nSPS) is 21.4. The number of guanidine groups is 1. The minimum absolute atomic E-state index is 0.274. The Kier molecular flexibility index (Phi) is 8.62. The lowest BCUT2D eigenvalue weighted by molar-refractivity contribution is 0.0398. The minimum atomic E-state index is 0.274. The highest BCUT2D eigenvalue weighted by Gasteiger charge is 2.20. The number of rotatable bonds is 8. The van der Waals surface area contributed by atoms with E-state index < -0.39 is 0 Å². The van der Waals surface area contributed by atoms with Gasteiger partial charge in [-0.1, -0.05) is 31.2 Å². The van der Waals surface area contributed by atoms with Gasteiger partial charge >= 0.3 is 0 Å². The third-order valence-electron chi connectivity index (χ3n) is 5.94. The molecule has 1 saturated heterocycles. The summed E-state index contributed by atoms with van der Waals surface area (Å²) in [6.07, 6.45) is 8.48. The van der Waals surface area contributed by atoms with E-state index in [9.17, 15) is 0 Å². The van der Waals surface area contributed by atoms with E-state index in [4.69, 9.17) is 4.74 Å². The van der Waals surface area contributed by atoms with E-state index in [2.05, 4.69) is 51.7 Å². The predicted molar refractivity (Wildman–Crippen MR) is 117 cm³/mol. The van der Waals surface area contributed by atoms with Crippen molar-refractivity contribution in [3.63, 3.8) is 0 Å². The molecule has 1 aliphatic heterocycles. The van der Waals surface area contributed by atoms with Gasteiger partial charge in [0, 0.05) is 39.3 Å². The Balaban J connectivity index is 1.31. The maximum atomic E-state index is 6.20. The highest BCUT2D eigenvalue weighted by molar-refractivity contribution is 5.79. The van der Waals surface area contributed by atoms with E-state index in [0.717, 1.165) is 32.0 Å². The van der Waals surface area contributed by atoms with Gasteiger partial charge in [0.1, 0.15) is 0 Å². The molecule has 5 heteroatoms. The summed E-state index contributed by atoms with van der Waals surface area (Å²) in [5.74, 6) is 0.928. The van der Waals surface area contributed by atoms with E-state index in [1.807, 2.05) is 7.05 Å². The molecule has 2 N–H and O–H groups in total. The van der Waals surface area contributed by atoms with Crippen LogP contribution >= 0.6 is 0 Å². The van der Waals surface area contributed by atoms with Gasteiger partial charge in [-0.25, -0.2) is 0 Å². The number of benzene rings is 1. The Morgan fingerprint density at radius 2 is 2.04 bits per heavy atom. The highest BCUT2D eigenvalue weighted by Crippen LogP contribution is 2.32. The first-order chi connectivity index (χ1) is 13.8. The molecule has 0 saturated carbocycles. The average molecular weight is 387 g/mol. The molecule has 0 spiro atoms. The zero-order chi connectivity index (χ0) is 19.6. The molecule has 0 radical (unpaired) electrons. The summed E-state index contributed by atoms with van der Waals surface area (Å²) in [7, 11) is 1.86. The molecule has 1 aromatic carbocycles. The molecule has 1 heterocycles. The summed E-state index contributed by atoms with van der Waals surface area (Å²) in [6.45, 7) is 7.55. The van der Waals surface area contributed by atoms with Crippen molar-refractivity contribution in [2.24, 2.45) is 4.99 Å². The zero-order valence-corrected chi connectivity index (χ0v) is 17.8. The van der Waals surface area contributed by atoms with Crippen LogP contribution in [0.5, 0.6) is 0 Å². The van der Waals surface area contributed by atoms with E-state index in [-0.39, 0.29) is 6.10 Å². The van der Waals surface area contributed by atoms with Gasteiger partial charge in [-0.05, 0) is 62.6 Å². The second kappa shape index (κ2) is 11.4. The molecule has 1 unspecified atom stereocenters. The molecular weight excluding hydrogens is 348 g/mol. The fourth-order valence-corrected chi connectivity index (χ4v) is 4.39. The zero-order valence-electron chi connectivity index (χ0n) is 17.8. The molecular formula is C23H38N4O. The van der Waals surface area contributed by atoms with Crippen molar-refractivity contribution in [1.82, 2.24) is 15.5 Å². The number of piperidine rings is 1. The molecule has 1 aromatic rings. The van der Waals surface area contributed by atoms with Crippen LogP contribution in [0.2, 0.25) is 0 Å². The number of likely N-dealkylation sites (tertiary alicyclic amines) is 1. The van der Waals surface area contributed by atoms with Gasteiger partial charge in [0.25, 0.3) is 0 Å². The average Bonchev–Trinajstić information content (AvgIpc) is 2.74. The van der Waals surface area contributed by atoms with E-state index >= 15 is 0 Å². The van der Waals surface area contributed by atoms with Crippen molar-refractivity contribution in [3.8, 4) is 0 Å². The standard InChI is InChI=1S/C23H38N4O/c1-3-15-27-16-12-20(13-17-27)26-23(24-2)25-14-7-18-28-22-11-6-9-19-8-4-5-10-21(19)22/h4-5,8,10,20,22H,3,6-7,9,11-18H2,1-2H3,(H2,24,25,26). The number of fused-ring (bicyclic) bond motifs is 1. The smallest absolute Gasteiger partial charge is 0.191 e. The largest absolute Gasteiger partial charge is 0.373 e. The number of aliphatic imine (C=N–C) groups is 1. The number of nitrogens with one attached hydrogen (secondary N) is 2. The Morgan fingerprint density at radius 1 is 1.21 bits per heavy atom. The Labute approximate surface area is 170 Å². The Hall–Kier alpha value is -1.59. The molecule has 28 heavy (non-hydrogen) atoms. The molecule has 0 aromatic heterocycles. The molecule has 156 valence electrons. The lowest BCUT2D eigenvalue weighted by Crippen LogP contribution is -2.49. The number of nitrogens with zero attached hydrogens (tertiary/aromatic N) is 2. The number of ether oxygens (including phenoxy) is 1. The monoisotopic (exact) mass is 386 g/mol. The Morgan fingerprint density at radius 3 is 2.82 bits per heavy atom. The predicted octanol–water partition coefficient (Wildman–Crippen LogP) is 3.51. The SMILES string of the molecule is CCCN1CCC(NC(=NC)NCCCOC2CCCc3ccccc32)CC1. The first-order valence-electron chi connectivity index (χ1n) is 11.2. The van der Waals surface area contributed by atoms with Crippen molar-refractivity contribution >= 4 is 5.96 Å². The summed E-state index contributed by atoms with van der Waals surface area (Å²) in [5, 5.41) is 7.05. The third kappa shape index (κ3) is 6.21. The molecule has 5 nitrogen and oxygen atoms in total. The van der Waals surface area contributed by atoms with Gasteiger partial charge in [-0.2, -0.15) is 0 Å². The molecule has 0 bridgehead atoms. The van der Waals surface area contributed by atoms with Crippen LogP contribution < -0.4 is 10.6 Å². The molecule has 1 aliphatic carbocycles. The van der Waals surface area contributed by atoms with Crippen LogP contribution in [0, 0.1) is 0 Å². The number of hydrogen-bond donors (Lipinski definition) is 2. The lowest BCUT2D eigenvalue weighted by atomic mass is 9.89. The summed E-state index contributed by atoms with van der Waals surface area (Å²) < 4.78 is 6.20. The quantitative estimate of drug-likeness (QED) is 0.408. The molecule has 3 rings (SSSR count). The van der Waals surface area contributed by atoms with Crippen molar-refractivity contribution in [3.05, 3.63) is 35.4 Å². The lowest BCUT2D eigenvalue weighted by Gasteiger charge is -2.32. The van der Waals surface area contributed by atoms with Gasteiger partial charge < -0.3 is 20.3 Å². The molecule has 1 atom stereocenters. The summed E-state index contributed by atoms with van der Waals surface area (Å²) in [5.41, 5.74) is 2.86. The van der Waals surface area contributed by atoms with Crippen molar-refractivity contribution in [2.45, 2.75) is 64.0 Å². The van der Waals surface area contributed by atoms with Crippen LogP contribution in [0.1, 0.15) is 62.7 Å². The fourth-order valence-electron chi connectivity index (χ4n) is 4.39. The van der Waals surface area contributed by atoms with E-state index in [1.165, 1.54) is 62.9 Å². The Bertz CT molecular complexity index is 610. The first kappa shape index (κ1) is 21.1. The van der Waals surface area contributed by atoms with Crippen LogP contribution in [0.15, 0.2) is 29.3 Å². The maximum absolute atomic E-state index is 6.20. The van der Waals surface area contributed by atoms with Crippen LogP contribution in [0.4, 0.5) is 0 Å². The van der Waals surface area contributed by atoms with E-state index in [1.54, 1.807) is 0 Å². The second-order valence-corrected chi connectivity index (χ2v) is 8.06. The summed E-state index contributed by atoms with van der Waals surface area (Å²) in [6, 6.07) is 9.28. The minimum Gasteiger partial charge on any atom is -0.373 e. The van der Waals surface area contributed by atoms with E-state index in [0.29, 0.717) is 6.04 Å². The third-order valence-corrected chi connectivity index (χ3v) is 5.94. The molecule has 2 aliphatic rings. The van der Waals surface area contributed by atoms with Gasteiger partial charge in [0.05, 0.1) is 6.10 Å². The maximum Gasteiger partial charge on any atom is 0.191 e. The van der Waals surface area contributed by atoms with Gasteiger partial charge in [-0.3, -0.25) is 4.99 Å². The van der Waals surface area contributed by atoms with Crippen molar-refractivity contribution in [1.29, 1.82) is 0 Å². The second-order valence-electron chi connectivity index (χ2n) is 8.06. The first-order valence-corrected chi connectivity index (χ1v) is 11.2. The number of hydrogen-bond acceptors (Lipinski definition) is 3. The van der Waals surface area contributed by atoms with Crippen LogP contribution in [-0.2, 0) is 11.2 Å². The molecule has 1 fully saturated rings. The highest BCUT2D eigenvalue weighted by atomic mass is 16.5. The summed E-state index contributed by atoms with van der Waals surface area (Å²) in [4.78, 5) is 6.96. The number of aryl methyl sites for hydroxylation is 1. The summed E-state index contributed by atoms with van der Waals surface area (Å²) >= 11 is 0. The van der Waals surface area contributed by atoms with Crippen LogP contribution in [-0.4, -0.2) is 56.7 Å². The van der Waals surface area contributed by atoms with Crippen molar-refractivity contribution in [2.75, 3.05) is 39.8 Å². The topological polar surface area (TPSA) is 48.9 Å². The van der Waals surface area contributed by atoms with Crippen LogP contribution in [0.3, 0.4) is 0 Å².